The van der Waals surface area contributed by atoms with Crippen molar-refractivity contribution in [2.24, 2.45) is 0 Å². The van der Waals surface area contributed by atoms with E-state index in [2.05, 4.69) is 15.4 Å². The van der Waals surface area contributed by atoms with Crippen molar-refractivity contribution in [3.8, 4) is 0 Å². The molecule has 0 spiro atoms. The summed E-state index contributed by atoms with van der Waals surface area (Å²) in [5.74, 6) is -0.0550. The molecule has 2 aromatic rings. The monoisotopic (exact) mass is 307 g/mol. The summed E-state index contributed by atoms with van der Waals surface area (Å²) >= 11 is 1.57. The number of carbonyl (C=O) groups is 1. The van der Waals surface area contributed by atoms with Crippen molar-refractivity contribution in [1.82, 2.24) is 20.1 Å². The zero-order chi connectivity index (χ0) is 15.6. The SMILES string of the molecule is Cc1cc(C)n(C(C)C(=O)NCc2csc(N(C)C)n2)n1. The third-order valence-electron chi connectivity index (χ3n) is 3.16. The molecule has 114 valence electrons. The van der Waals surface area contributed by atoms with Gasteiger partial charge < -0.3 is 10.2 Å². The van der Waals surface area contributed by atoms with Crippen LogP contribution < -0.4 is 10.2 Å². The van der Waals surface area contributed by atoms with Gasteiger partial charge >= 0.3 is 0 Å². The molecule has 0 radical (unpaired) electrons. The van der Waals surface area contributed by atoms with Crippen LogP contribution in [0.2, 0.25) is 0 Å². The van der Waals surface area contributed by atoms with E-state index in [1.807, 2.05) is 51.2 Å². The highest BCUT2D eigenvalue weighted by molar-refractivity contribution is 7.13. The number of nitrogens with zero attached hydrogens (tertiary/aromatic N) is 4. The molecule has 0 aliphatic heterocycles. The number of thiazole rings is 1. The normalized spacial score (nSPS) is 12.2. The number of anilines is 1. The molecular formula is C14H21N5OS. The van der Waals surface area contributed by atoms with Crippen LogP contribution in [-0.2, 0) is 11.3 Å². The van der Waals surface area contributed by atoms with Gasteiger partial charge in [-0.05, 0) is 26.8 Å². The minimum atomic E-state index is -0.328. The van der Waals surface area contributed by atoms with Gasteiger partial charge in [0.05, 0.1) is 17.9 Å². The summed E-state index contributed by atoms with van der Waals surface area (Å²) < 4.78 is 1.75. The van der Waals surface area contributed by atoms with Crippen LogP contribution in [0.5, 0.6) is 0 Å². The Kier molecular flexibility index (Phi) is 4.62. The molecular weight excluding hydrogens is 286 g/mol. The minimum Gasteiger partial charge on any atom is -0.354 e. The van der Waals surface area contributed by atoms with Crippen molar-refractivity contribution in [3.63, 3.8) is 0 Å². The number of hydrogen-bond donors (Lipinski definition) is 1. The number of rotatable bonds is 5. The molecule has 2 aromatic heterocycles. The molecule has 21 heavy (non-hydrogen) atoms. The van der Waals surface area contributed by atoms with E-state index < -0.39 is 0 Å². The molecule has 1 atom stereocenters. The maximum absolute atomic E-state index is 12.2. The maximum atomic E-state index is 12.2. The largest absolute Gasteiger partial charge is 0.354 e. The van der Waals surface area contributed by atoms with Gasteiger partial charge in [0, 0.05) is 25.2 Å². The fourth-order valence-corrected chi connectivity index (χ4v) is 2.82. The average molecular weight is 307 g/mol. The molecule has 0 aliphatic rings. The number of aromatic nitrogens is 3. The Morgan fingerprint density at radius 1 is 1.48 bits per heavy atom. The van der Waals surface area contributed by atoms with Crippen molar-refractivity contribution < 1.29 is 4.79 Å². The molecule has 0 bridgehead atoms. The standard InChI is InChI=1S/C14H21N5OS/c1-9-6-10(2)19(17-9)11(3)13(20)15-7-12-8-21-14(16-12)18(4)5/h6,8,11H,7H2,1-5H3,(H,15,20). The number of carbonyl (C=O) groups excluding carboxylic acids is 1. The number of nitrogens with one attached hydrogen (secondary N) is 1. The lowest BCUT2D eigenvalue weighted by atomic mass is 10.3. The van der Waals surface area contributed by atoms with Gasteiger partial charge in [0.15, 0.2) is 5.13 Å². The van der Waals surface area contributed by atoms with E-state index in [1.165, 1.54) is 0 Å². The quantitative estimate of drug-likeness (QED) is 0.916. The van der Waals surface area contributed by atoms with E-state index in [0.717, 1.165) is 22.2 Å². The molecule has 0 saturated carbocycles. The second kappa shape index (κ2) is 6.26. The molecule has 1 N–H and O–H groups in total. The lowest BCUT2D eigenvalue weighted by molar-refractivity contribution is -0.124. The summed E-state index contributed by atoms with van der Waals surface area (Å²) in [5, 5.41) is 10.2. The highest BCUT2D eigenvalue weighted by Gasteiger charge is 2.17. The van der Waals surface area contributed by atoms with E-state index in [-0.39, 0.29) is 11.9 Å². The minimum absolute atomic E-state index is 0.0550. The van der Waals surface area contributed by atoms with Crippen LogP contribution in [0.1, 0.15) is 30.0 Å². The lowest BCUT2D eigenvalue weighted by Crippen LogP contribution is -2.31. The van der Waals surface area contributed by atoms with E-state index in [0.29, 0.717) is 6.54 Å². The Balaban J connectivity index is 1.96. The van der Waals surface area contributed by atoms with E-state index in [9.17, 15) is 4.79 Å². The summed E-state index contributed by atoms with van der Waals surface area (Å²) in [4.78, 5) is 18.6. The molecule has 6 nitrogen and oxygen atoms in total. The number of amides is 1. The lowest BCUT2D eigenvalue weighted by Gasteiger charge is -2.14. The second-order valence-electron chi connectivity index (χ2n) is 5.28. The zero-order valence-electron chi connectivity index (χ0n) is 13.0. The van der Waals surface area contributed by atoms with Gasteiger partial charge in [-0.2, -0.15) is 5.10 Å². The smallest absolute Gasteiger partial charge is 0.244 e. The summed E-state index contributed by atoms with van der Waals surface area (Å²) in [6.45, 7) is 6.16. The summed E-state index contributed by atoms with van der Waals surface area (Å²) in [5.41, 5.74) is 2.78. The van der Waals surface area contributed by atoms with Gasteiger partial charge in [-0.3, -0.25) is 9.48 Å². The van der Waals surface area contributed by atoms with Crippen LogP contribution in [0.25, 0.3) is 0 Å². The van der Waals surface area contributed by atoms with Crippen LogP contribution >= 0.6 is 11.3 Å². The highest BCUT2D eigenvalue weighted by Crippen LogP contribution is 2.18. The Hall–Kier alpha value is -1.89. The van der Waals surface area contributed by atoms with Gasteiger partial charge in [0.1, 0.15) is 6.04 Å². The van der Waals surface area contributed by atoms with E-state index >= 15 is 0 Å². The van der Waals surface area contributed by atoms with Crippen molar-refractivity contribution >= 4 is 22.4 Å². The van der Waals surface area contributed by atoms with E-state index in [4.69, 9.17) is 0 Å². The van der Waals surface area contributed by atoms with Gasteiger partial charge in [-0.25, -0.2) is 4.98 Å². The third-order valence-corrected chi connectivity index (χ3v) is 4.21. The molecule has 0 aliphatic carbocycles. The predicted molar refractivity (Wildman–Crippen MR) is 84.7 cm³/mol. The van der Waals surface area contributed by atoms with Crippen LogP contribution in [0, 0.1) is 13.8 Å². The topological polar surface area (TPSA) is 63.1 Å². The first kappa shape index (κ1) is 15.5. The Labute approximate surface area is 128 Å². The Morgan fingerprint density at radius 3 is 2.71 bits per heavy atom. The summed E-state index contributed by atoms with van der Waals surface area (Å²) in [6.07, 6.45) is 0. The Bertz CT molecular complexity index is 631. The summed E-state index contributed by atoms with van der Waals surface area (Å²) in [6, 6.07) is 1.64. The third kappa shape index (κ3) is 3.60. The second-order valence-corrected chi connectivity index (χ2v) is 6.12. The molecule has 7 heteroatoms. The van der Waals surface area contributed by atoms with Crippen LogP contribution in [0.3, 0.4) is 0 Å². The molecule has 0 aromatic carbocycles. The van der Waals surface area contributed by atoms with Crippen LogP contribution in [0.15, 0.2) is 11.4 Å². The predicted octanol–water partition coefficient (Wildman–Crippen LogP) is 1.90. The summed E-state index contributed by atoms with van der Waals surface area (Å²) in [7, 11) is 3.90. The zero-order valence-corrected chi connectivity index (χ0v) is 13.9. The van der Waals surface area contributed by atoms with Crippen molar-refractivity contribution in [2.45, 2.75) is 33.4 Å². The fourth-order valence-electron chi connectivity index (χ4n) is 2.06. The first-order valence-corrected chi connectivity index (χ1v) is 7.68. The maximum Gasteiger partial charge on any atom is 0.244 e. The molecule has 2 heterocycles. The van der Waals surface area contributed by atoms with Crippen LogP contribution in [0.4, 0.5) is 5.13 Å². The highest BCUT2D eigenvalue weighted by atomic mass is 32.1. The number of hydrogen-bond acceptors (Lipinski definition) is 5. The molecule has 1 amide bonds. The average Bonchev–Trinajstić information content (AvgIpc) is 3.01. The van der Waals surface area contributed by atoms with Gasteiger partial charge in [-0.15, -0.1) is 11.3 Å². The Morgan fingerprint density at radius 2 is 2.19 bits per heavy atom. The van der Waals surface area contributed by atoms with Crippen molar-refractivity contribution in [2.75, 3.05) is 19.0 Å². The van der Waals surface area contributed by atoms with Gasteiger partial charge in [-0.1, -0.05) is 0 Å². The molecule has 0 saturated heterocycles. The van der Waals surface area contributed by atoms with Gasteiger partial charge in [0.25, 0.3) is 0 Å². The first-order chi connectivity index (χ1) is 9.88. The van der Waals surface area contributed by atoms with Crippen molar-refractivity contribution in [3.05, 3.63) is 28.5 Å². The molecule has 2 rings (SSSR count). The van der Waals surface area contributed by atoms with E-state index in [1.54, 1.807) is 16.0 Å². The number of aryl methyl sites for hydroxylation is 2. The van der Waals surface area contributed by atoms with Crippen LogP contribution in [-0.4, -0.2) is 34.8 Å². The van der Waals surface area contributed by atoms with Gasteiger partial charge in [0.2, 0.25) is 5.91 Å². The van der Waals surface area contributed by atoms with Crippen molar-refractivity contribution in [1.29, 1.82) is 0 Å². The first-order valence-electron chi connectivity index (χ1n) is 6.80. The fraction of sp³-hybridized carbons (Fsp3) is 0.500. The molecule has 0 fully saturated rings. The molecule has 1 unspecified atom stereocenters.